The van der Waals surface area contributed by atoms with Gasteiger partial charge in [0.25, 0.3) is 11.4 Å². The Balaban J connectivity index is 1.78. The van der Waals surface area contributed by atoms with Gasteiger partial charge in [-0.2, -0.15) is 0 Å². The number of nitro groups is 2. The number of benzene rings is 3. The molecule has 0 aliphatic rings. The number of anilines is 2. The number of nitrogens with zero attached hydrogens (tertiary/aromatic N) is 2. The Morgan fingerprint density at radius 1 is 0.833 bits per heavy atom. The van der Waals surface area contributed by atoms with Gasteiger partial charge in [-0.15, -0.1) is 0 Å². The van der Waals surface area contributed by atoms with E-state index in [4.69, 9.17) is 0 Å². The van der Waals surface area contributed by atoms with E-state index in [0.717, 1.165) is 23.9 Å². The number of rotatable bonds is 6. The van der Waals surface area contributed by atoms with Crippen molar-refractivity contribution in [2.45, 2.75) is 9.79 Å². The molecule has 3 N–H and O–H groups in total. The van der Waals surface area contributed by atoms with Gasteiger partial charge in [-0.1, -0.05) is 36.0 Å². The van der Waals surface area contributed by atoms with Crippen molar-refractivity contribution in [1.82, 2.24) is 0 Å². The maximum atomic E-state index is 12.3. The Morgan fingerprint density at radius 2 is 1.47 bits per heavy atom. The third kappa shape index (κ3) is 4.83. The second kappa shape index (κ2) is 8.92. The molecule has 3 aromatic carbocycles. The molecule has 0 bridgehead atoms. The number of nitrogens with one attached hydrogen (secondary N) is 2. The number of phenolic OH excluding ortho intramolecular Hbond substituents is 1. The molecule has 152 valence electrons. The van der Waals surface area contributed by atoms with Crippen LogP contribution in [0.25, 0.3) is 0 Å². The largest absolute Gasteiger partial charge is 0.506 e. The summed E-state index contributed by atoms with van der Waals surface area (Å²) in [5.41, 5.74) is 0.00343. The first-order valence-corrected chi connectivity index (χ1v) is 9.22. The van der Waals surface area contributed by atoms with Gasteiger partial charge in [-0.25, -0.2) is 4.79 Å². The molecule has 0 heterocycles. The molecular weight excluding hydrogens is 412 g/mol. The maximum absolute atomic E-state index is 12.3. The lowest BCUT2D eigenvalue weighted by Gasteiger charge is -2.12. The standard InChI is InChI=1S/C19H14N4O6S/c24-16-11-12(22(26)27)9-10-13(16)20-19(25)21-14-5-1-3-7-17(14)30-18-8-4-2-6-15(18)23(28)29/h1-11,24H,(H2,20,21,25). The maximum Gasteiger partial charge on any atom is 0.323 e. The number of urea groups is 1. The van der Waals surface area contributed by atoms with E-state index >= 15 is 0 Å². The molecule has 0 saturated carbocycles. The predicted molar refractivity (Wildman–Crippen MR) is 111 cm³/mol. The molecule has 3 aromatic rings. The first kappa shape index (κ1) is 20.6. The van der Waals surface area contributed by atoms with Gasteiger partial charge in [0.05, 0.1) is 32.2 Å². The summed E-state index contributed by atoms with van der Waals surface area (Å²) in [5.74, 6) is -0.457. The van der Waals surface area contributed by atoms with Gasteiger partial charge in [-0.05, 0) is 24.3 Å². The average Bonchev–Trinajstić information content (AvgIpc) is 2.71. The van der Waals surface area contributed by atoms with E-state index in [2.05, 4.69) is 10.6 Å². The fraction of sp³-hybridized carbons (Fsp3) is 0. The lowest BCUT2D eigenvalue weighted by atomic mass is 10.2. The minimum Gasteiger partial charge on any atom is -0.506 e. The van der Waals surface area contributed by atoms with Crippen LogP contribution in [0.2, 0.25) is 0 Å². The van der Waals surface area contributed by atoms with E-state index in [1.807, 2.05) is 0 Å². The zero-order chi connectivity index (χ0) is 21.7. The summed E-state index contributed by atoms with van der Waals surface area (Å²) < 4.78 is 0. The Kier molecular flexibility index (Phi) is 6.13. The molecule has 0 radical (unpaired) electrons. The molecule has 0 fully saturated rings. The summed E-state index contributed by atoms with van der Waals surface area (Å²) in [4.78, 5) is 34.1. The highest BCUT2D eigenvalue weighted by molar-refractivity contribution is 7.99. The molecule has 0 saturated heterocycles. The van der Waals surface area contributed by atoms with E-state index in [1.54, 1.807) is 42.5 Å². The van der Waals surface area contributed by atoms with Crippen molar-refractivity contribution >= 4 is 40.5 Å². The van der Waals surface area contributed by atoms with E-state index in [-0.39, 0.29) is 17.1 Å². The fourth-order valence-corrected chi connectivity index (χ4v) is 3.49. The van der Waals surface area contributed by atoms with E-state index in [9.17, 15) is 30.1 Å². The normalized spacial score (nSPS) is 10.3. The van der Waals surface area contributed by atoms with Crippen molar-refractivity contribution in [3.8, 4) is 5.75 Å². The first-order valence-electron chi connectivity index (χ1n) is 8.41. The molecule has 0 atom stereocenters. The summed E-state index contributed by atoms with van der Waals surface area (Å²) in [7, 11) is 0. The Hall–Kier alpha value is -4.12. The van der Waals surface area contributed by atoms with E-state index in [0.29, 0.717) is 15.5 Å². The molecule has 11 heteroatoms. The Bertz CT molecular complexity index is 1140. The van der Waals surface area contributed by atoms with Crippen LogP contribution in [0.3, 0.4) is 0 Å². The monoisotopic (exact) mass is 426 g/mol. The summed E-state index contributed by atoms with van der Waals surface area (Å²) in [6.45, 7) is 0. The molecule has 10 nitrogen and oxygen atoms in total. The predicted octanol–water partition coefficient (Wildman–Crippen LogP) is 5.00. The zero-order valence-electron chi connectivity index (χ0n) is 15.1. The van der Waals surface area contributed by atoms with Crippen LogP contribution in [-0.2, 0) is 0 Å². The Morgan fingerprint density at radius 3 is 2.13 bits per heavy atom. The van der Waals surface area contributed by atoms with Crippen molar-refractivity contribution in [2.24, 2.45) is 0 Å². The third-order valence-electron chi connectivity index (χ3n) is 3.86. The van der Waals surface area contributed by atoms with Crippen LogP contribution >= 0.6 is 11.8 Å². The summed E-state index contributed by atoms with van der Waals surface area (Å²) in [6, 6.07) is 15.5. The number of phenols is 1. The second-order valence-corrected chi connectivity index (χ2v) is 6.94. The first-order chi connectivity index (χ1) is 14.3. The van der Waals surface area contributed by atoms with Crippen LogP contribution in [0.15, 0.2) is 76.5 Å². The van der Waals surface area contributed by atoms with Gasteiger partial charge in [0.1, 0.15) is 5.75 Å². The highest BCUT2D eigenvalue weighted by Crippen LogP contribution is 2.38. The van der Waals surface area contributed by atoms with Gasteiger partial charge in [0, 0.05) is 17.0 Å². The lowest BCUT2D eigenvalue weighted by Crippen LogP contribution is -2.19. The lowest BCUT2D eigenvalue weighted by molar-refractivity contribution is -0.387. The molecule has 0 aliphatic heterocycles. The fourth-order valence-electron chi connectivity index (χ4n) is 2.49. The van der Waals surface area contributed by atoms with Crippen LogP contribution in [0.1, 0.15) is 0 Å². The number of hydrogen-bond acceptors (Lipinski definition) is 7. The van der Waals surface area contributed by atoms with Crippen LogP contribution in [0, 0.1) is 20.2 Å². The van der Waals surface area contributed by atoms with E-state index in [1.165, 1.54) is 12.1 Å². The number of aromatic hydroxyl groups is 1. The van der Waals surface area contributed by atoms with Crippen molar-refractivity contribution in [3.63, 3.8) is 0 Å². The number of hydrogen-bond donors (Lipinski definition) is 3. The zero-order valence-corrected chi connectivity index (χ0v) is 16.0. The number of amides is 2. The molecule has 0 aromatic heterocycles. The number of carbonyl (C=O) groups excluding carboxylic acids is 1. The number of para-hydroxylation sites is 2. The SMILES string of the molecule is O=C(Nc1ccc([N+](=O)[O-])cc1O)Nc1ccccc1Sc1ccccc1[N+](=O)[O-]. The van der Waals surface area contributed by atoms with Crippen LogP contribution in [0.4, 0.5) is 27.5 Å². The highest BCUT2D eigenvalue weighted by atomic mass is 32.2. The Labute approximate surface area is 173 Å². The number of nitro benzene ring substituents is 2. The number of carbonyl (C=O) groups is 1. The van der Waals surface area contributed by atoms with Crippen molar-refractivity contribution in [3.05, 3.63) is 87.0 Å². The van der Waals surface area contributed by atoms with Crippen LogP contribution in [0.5, 0.6) is 5.75 Å². The summed E-state index contributed by atoms with van der Waals surface area (Å²) >= 11 is 1.12. The average molecular weight is 426 g/mol. The summed E-state index contributed by atoms with van der Waals surface area (Å²) in [6.07, 6.45) is 0. The van der Waals surface area contributed by atoms with Crippen molar-refractivity contribution in [2.75, 3.05) is 10.6 Å². The molecule has 0 aliphatic carbocycles. The second-order valence-electron chi connectivity index (χ2n) is 5.86. The molecule has 3 rings (SSSR count). The van der Waals surface area contributed by atoms with Gasteiger partial charge in [0.2, 0.25) is 0 Å². The van der Waals surface area contributed by atoms with Crippen LogP contribution < -0.4 is 10.6 Å². The smallest absolute Gasteiger partial charge is 0.323 e. The quantitative estimate of drug-likeness (QED) is 0.285. The van der Waals surface area contributed by atoms with Gasteiger partial charge in [-0.3, -0.25) is 20.2 Å². The molecule has 0 spiro atoms. The van der Waals surface area contributed by atoms with Crippen molar-refractivity contribution in [1.29, 1.82) is 0 Å². The van der Waals surface area contributed by atoms with Gasteiger partial charge < -0.3 is 15.7 Å². The molecular formula is C19H14N4O6S. The topological polar surface area (TPSA) is 148 Å². The third-order valence-corrected chi connectivity index (χ3v) is 5.00. The molecule has 30 heavy (non-hydrogen) atoms. The summed E-state index contributed by atoms with van der Waals surface area (Å²) in [5, 5.41) is 36.8. The minimum absolute atomic E-state index is 0.0121. The van der Waals surface area contributed by atoms with Crippen LogP contribution in [-0.4, -0.2) is 21.0 Å². The molecule has 0 unspecified atom stereocenters. The van der Waals surface area contributed by atoms with Gasteiger partial charge in [0.15, 0.2) is 0 Å². The van der Waals surface area contributed by atoms with E-state index < -0.39 is 21.6 Å². The number of non-ortho nitro benzene ring substituents is 1. The minimum atomic E-state index is -0.699. The van der Waals surface area contributed by atoms with Gasteiger partial charge >= 0.3 is 6.03 Å². The molecule has 2 amide bonds. The van der Waals surface area contributed by atoms with Crippen molar-refractivity contribution < 1.29 is 19.7 Å². The highest BCUT2D eigenvalue weighted by Gasteiger charge is 2.17.